The van der Waals surface area contributed by atoms with E-state index in [2.05, 4.69) is 20.0 Å². The van der Waals surface area contributed by atoms with E-state index in [-0.39, 0.29) is 5.92 Å². The third kappa shape index (κ3) is 3.94. The van der Waals surface area contributed by atoms with Crippen molar-refractivity contribution in [2.45, 2.75) is 51.4 Å². The normalized spacial score (nSPS) is 21.2. The minimum atomic E-state index is 0.284. The Hall–Kier alpha value is -2.24. The molecule has 0 N–H and O–H groups in total. The van der Waals surface area contributed by atoms with Crippen molar-refractivity contribution in [2.75, 3.05) is 13.1 Å². The van der Waals surface area contributed by atoms with Crippen molar-refractivity contribution in [3.63, 3.8) is 0 Å². The topological polar surface area (TPSA) is 72.1 Å². The number of hydrogen-bond donors (Lipinski definition) is 0. The quantitative estimate of drug-likeness (QED) is 0.822. The van der Waals surface area contributed by atoms with E-state index in [1.807, 2.05) is 18.2 Å². The summed E-state index contributed by atoms with van der Waals surface area (Å²) < 4.78 is 5.33. The summed E-state index contributed by atoms with van der Waals surface area (Å²) in [7, 11) is 0. The van der Waals surface area contributed by atoms with Gasteiger partial charge in [-0.15, -0.1) is 0 Å². The minimum absolute atomic E-state index is 0.284. The molecule has 138 valence electrons. The largest absolute Gasteiger partial charge is 0.342 e. The van der Waals surface area contributed by atoms with Crippen molar-refractivity contribution < 1.29 is 9.32 Å². The monoisotopic (exact) mass is 354 g/mol. The molecule has 0 aromatic carbocycles. The van der Waals surface area contributed by atoms with Crippen molar-refractivity contribution in [1.29, 1.82) is 0 Å². The van der Waals surface area contributed by atoms with Gasteiger partial charge in [-0.25, -0.2) is 0 Å². The molecule has 6 heteroatoms. The zero-order valence-electron chi connectivity index (χ0n) is 15.1. The number of aromatic nitrogens is 3. The molecule has 6 nitrogen and oxygen atoms in total. The van der Waals surface area contributed by atoms with E-state index in [4.69, 9.17) is 4.52 Å². The number of piperidine rings is 1. The van der Waals surface area contributed by atoms with Crippen LogP contribution in [0, 0.1) is 11.8 Å². The summed E-state index contributed by atoms with van der Waals surface area (Å²) in [5, 5.41) is 4.09. The second kappa shape index (κ2) is 7.98. The Balaban J connectivity index is 1.30. The van der Waals surface area contributed by atoms with Gasteiger partial charge in [0.1, 0.15) is 5.69 Å². The van der Waals surface area contributed by atoms with Crippen LogP contribution in [-0.4, -0.2) is 39.0 Å². The number of carbonyl (C=O) groups is 1. The third-order valence-electron chi connectivity index (χ3n) is 5.66. The molecular formula is C20H26N4O2. The van der Waals surface area contributed by atoms with E-state index in [1.165, 1.54) is 19.3 Å². The van der Waals surface area contributed by atoms with Crippen LogP contribution >= 0.6 is 0 Å². The highest BCUT2D eigenvalue weighted by Crippen LogP contribution is 2.29. The van der Waals surface area contributed by atoms with E-state index in [9.17, 15) is 4.79 Å². The SMILES string of the molecule is O=C(C1CCCC1)N1CCCC(CCc2noc(-c3ccccn3)n2)C1. The number of likely N-dealkylation sites (tertiary alicyclic amines) is 1. The minimum Gasteiger partial charge on any atom is -0.342 e. The van der Waals surface area contributed by atoms with E-state index in [0.717, 1.165) is 51.0 Å². The first-order valence-corrected chi connectivity index (χ1v) is 9.82. The molecule has 26 heavy (non-hydrogen) atoms. The van der Waals surface area contributed by atoms with Crippen molar-refractivity contribution in [1.82, 2.24) is 20.0 Å². The zero-order chi connectivity index (χ0) is 17.8. The predicted octanol–water partition coefficient (Wildman–Crippen LogP) is 3.49. The van der Waals surface area contributed by atoms with Crippen LogP contribution in [0.4, 0.5) is 0 Å². The molecule has 1 atom stereocenters. The van der Waals surface area contributed by atoms with Gasteiger partial charge in [-0.3, -0.25) is 9.78 Å². The van der Waals surface area contributed by atoms with Crippen LogP contribution in [0.5, 0.6) is 0 Å². The van der Waals surface area contributed by atoms with Crippen LogP contribution < -0.4 is 0 Å². The number of pyridine rings is 1. The molecule has 1 saturated carbocycles. The van der Waals surface area contributed by atoms with Crippen molar-refractivity contribution >= 4 is 5.91 Å². The molecule has 2 aliphatic rings. The van der Waals surface area contributed by atoms with Gasteiger partial charge in [-0.2, -0.15) is 4.98 Å². The molecule has 3 heterocycles. The Morgan fingerprint density at radius 2 is 2.08 bits per heavy atom. The number of aryl methyl sites for hydroxylation is 1. The van der Waals surface area contributed by atoms with Crippen LogP contribution in [-0.2, 0) is 11.2 Å². The van der Waals surface area contributed by atoms with Gasteiger partial charge in [0.2, 0.25) is 5.91 Å². The first-order valence-electron chi connectivity index (χ1n) is 9.82. The van der Waals surface area contributed by atoms with Crippen molar-refractivity contribution in [3.8, 4) is 11.6 Å². The van der Waals surface area contributed by atoms with Gasteiger partial charge in [0.15, 0.2) is 5.82 Å². The van der Waals surface area contributed by atoms with E-state index >= 15 is 0 Å². The second-order valence-corrected chi connectivity index (χ2v) is 7.54. The smallest absolute Gasteiger partial charge is 0.276 e. The molecule has 1 saturated heterocycles. The molecule has 2 aromatic heterocycles. The predicted molar refractivity (Wildman–Crippen MR) is 97.1 cm³/mol. The molecule has 1 aliphatic heterocycles. The molecule has 4 rings (SSSR count). The summed E-state index contributed by atoms with van der Waals surface area (Å²) in [4.78, 5) is 23.5. The molecule has 0 radical (unpaired) electrons. The summed E-state index contributed by atoms with van der Waals surface area (Å²) in [5.74, 6) is 2.41. The van der Waals surface area contributed by atoms with Crippen LogP contribution in [0.25, 0.3) is 11.6 Å². The third-order valence-corrected chi connectivity index (χ3v) is 5.66. The Morgan fingerprint density at radius 1 is 1.19 bits per heavy atom. The number of nitrogens with zero attached hydrogens (tertiary/aromatic N) is 4. The summed E-state index contributed by atoms with van der Waals surface area (Å²) in [6.45, 7) is 1.82. The lowest BCUT2D eigenvalue weighted by molar-refractivity contribution is -0.137. The fraction of sp³-hybridized carbons (Fsp3) is 0.600. The molecular weight excluding hydrogens is 328 g/mol. The highest BCUT2D eigenvalue weighted by atomic mass is 16.5. The lowest BCUT2D eigenvalue weighted by atomic mass is 9.92. The number of carbonyl (C=O) groups excluding carboxylic acids is 1. The van der Waals surface area contributed by atoms with Gasteiger partial charge in [0.25, 0.3) is 5.89 Å². The second-order valence-electron chi connectivity index (χ2n) is 7.54. The van der Waals surface area contributed by atoms with Gasteiger partial charge in [-0.05, 0) is 50.2 Å². The molecule has 0 bridgehead atoms. The van der Waals surface area contributed by atoms with Crippen molar-refractivity contribution in [2.24, 2.45) is 11.8 Å². The molecule has 2 aromatic rings. The highest BCUT2D eigenvalue weighted by molar-refractivity contribution is 5.79. The van der Waals surface area contributed by atoms with Crippen LogP contribution in [0.2, 0.25) is 0 Å². The highest BCUT2D eigenvalue weighted by Gasteiger charge is 2.30. The number of hydrogen-bond acceptors (Lipinski definition) is 5. The fourth-order valence-corrected chi connectivity index (χ4v) is 4.21. The Morgan fingerprint density at radius 3 is 2.88 bits per heavy atom. The molecule has 1 amide bonds. The van der Waals surface area contributed by atoms with Gasteiger partial charge in [0.05, 0.1) is 0 Å². The number of rotatable bonds is 5. The van der Waals surface area contributed by atoms with Gasteiger partial charge in [0, 0.05) is 31.6 Å². The maximum Gasteiger partial charge on any atom is 0.276 e. The van der Waals surface area contributed by atoms with E-state index in [0.29, 0.717) is 23.4 Å². The standard InChI is InChI=1S/C20H26N4O2/c25-20(16-7-1-2-8-16)24-13-5-6-15(14-24)10-11-18-22-19(26-23-18)17-9-3-4-12-21-17/h3-4,9,12,15-16H,1-2,5-8,10-11,13-14H2. The van der Waals surface area contributed by atoms with Gasteiger partial charge in [-0.1, -0.05) is 24.1 Å². The molecule has 2 fully saturated rings. The zero-order valence-corrected chi connectivity index (χ0v) is 15.1. The maximum absolute atomic E-state index is 12.7. The van der Waals surface area contributed by atoms with E-state index < -0.39 is 0 Å². The Kier molecular flexibility index (Phi) is 5.27. The fourth-order valence-electron chi connectivity index (χ4n) is 4.21. The maximum atomic E-state index is 12.7. The molecule has 1 aliphatic carbocycles. The lowest BCUT2D eigenvalue weighted by Crippen LogP contribution is -2.42. The van der Waals surface area contributed by atoms with Gasteiger partial charge < -0.3 is 9.42 Å². The van der Waals surface area contributed by atoms with Crippen LogP contribution in [0.15, 0.2) is 28.9 Å². The Bertz CT molecular complexity index is 724. The van der Waals surface area contributed by atoms with Gasteiger partial charge >= 0.3 is 0 Å². The van der Waals surface area contributed by atoms with Crippen LogP contribution in [0.3, 0.4) is 0 Å². The van der Waals surface area contributed by atoms with Crippen LogP contribution in [0.1, 0.15) is 50.8 Å². The van der Waals surface area contributed by atoms with Crippen molar-refractivity contribution in [3.05, 3.63) is 30.2 Å². The average molecular weight is 354 g/mol. The lowest BCUT2D eigenvalue weighted by Gasteiger charge is -2.34. The first kappa shape index (κ1) is 17.2. The summed E-state index contributed by atoms with van der Waals surface area (Å²) in [6.07, 6.45) is 10.4. The summed E-state index contributed by atoms with van der Waals surface area (Å²) >= 11 is 0. The average Bonchev–Trinajstić information content (AvgIpc) is 3.39. The van der Waals surface area contributed by atoms with E-state index in [1.54, 1.807) is 6.20 Å². The Labute approximate surface area is 154 Å². The molecule has 0 spiro atoms. The first-order chi connectivity index (χ1) is 12.8. The number of amides is 1. The molecule has 1 unspecified atom stereocenters. The summed E-state index contributed by atoms with van der Waals surface area (Å²) in [5.41, 5.74) is 0.706. The summed E-state index contributed by atoms with van der Waals surface area (Å²) in [6, 6.07) is 5.64.